The van der Waals surface area contributed by atoms with E-state index in [0.717, 1.165) is 6.08 Å². The number of aliphatic carboxylic acids is 4. The van der Waals surface area contributed by atoms with Gasteiger partial charge in [-0.2, -0.15) is 38.4 Å². The predicted molar refractivity (Wildman–Crippen MR) is 214 cm³/mol. The van der Waals surface area contributed by atoms with Crippen LogP contribution in [0.4, 0.5) is 0 Å². The largest absolute Gasteiger partial charge is 1.00 e. The van der Waals surface area contributed by atoms with Crippen LogP contribution in [-0.4, -0.2) is 203 Å². The fourth-order valence-corrected chi connectivity index (χ4v) is 4.38. The average Bonchev–Trinajstić information content (AvgIpc) is 3.13. The van der Waals surface area contributed by atoms with Gasteiger partial charge in [0.1, 0.15) is 0 Å². The maximum absolute atomic E-state index is 11.0. The summed E-state index contributed by atoms with van der Waals surface area (Å²) in [6.45, 7) is 11.5. The van der Waals surface area contributed by atoms with E-state index in [1.807, 2.05) is 25.9 Å². The molecule has 0 aromatic carbocycles. The normalized spacial score (nSPS) is 10.6. The van der Waals surface area contributed by atoms with E-state index in [9.17, 15) is 34.5 Å². The summed E-state index contributed by atoms with van der Waals surface area (Å²) in [5, 5.41) is 55.9. The van der Waals surface area contributed by atoms with Gasteiger partial charge in [0.05, 0.1) is 50.5 Å². The van der Waals surface area contributed by atoms with Crippen molar-refractivity contribution in [1.82, 2.24) is 19.6 Å². The van der Waals surface area contributed by atoms with Crippen LogP contribution in [0.25, 0.3) is 0 Å². The van der Waals surface area contributed by atoms with Crippen molar-refractivity contribution in [2.45, 2.75) is 33.0 Å². The molecule has 0 radical (unpaired) electrons. The van der Waals surface area contributed by atoms with Crippen LogP contribution >= 0.6 is 22.6 Å². The van der Waals surface area contributed by atoms with E-state index >= 15 is 0 Å². The van der Waals surface area contributed by atoms with Crippen LogP contribution in [0.15, 0.2) is 25.3 Å². The van der Waals surface area contributed by atoms with Crippen LogP contribution in [0, 0.1) is 25.9 Å². The van der Waals surface area contributed by atoms with E-state index in [0.29, 0.717) is 50.2 Å². The summed E-state index contributed by atoms with van der Waals surface area (Å²) >= 11 is 2.06. The molecule has 0 spiro atoms. The first-order valence-corrected chi connectivity index (χ1v) is 18.2. The molecule has 24 nitrogen and oxygen atoms in total. The molecule has 0 aliphatic rings. The van der Waals surface area contributed by atoms with E-state index in [1.54, 1.807) is 15.9 Å². The Morgan fingerprint density at radius 3 is 1.41 bits per heavy atom. The maximum atomic E-state index is 11.0. The minimum Gasteiger partial charge on any atom is -0.609 e. The SMILES string of the molecule is C.C=CC(=O)O.C=CCOCC(O)CN(CCN([CH2-])[CH2-])CC(=O)[O-].CC(COCC(O)CN(CCN(C)C)CC(=O)O)CC(CI)C(=O)O.O=C=O.O=C=O.O=C=O.O=C=O.[Na+].[Na+].[Na+]. The summed E-state index contributed by atoms with van der Waals surface area (Å²) in [7, 11) is 10.9. The zero-order chi connectivity index (χ0) is 48.5. The number of nitrogens with zero attached hydrogens (tertiary/aromatic N) is 4. The molecule has 0 aliphatic carbocycles. The molecule has 0 aromatic rings. The molecule has 5 N–H and O–H groups in total. The standard InChI is InChI=1S/C16H31IN2O6.C12H22N2O4.C3H4O2.4CO2.CH4.3Na/c1-12(6-13(7-17)16(23)24)10-25-11-14(20)8-19(9-15(21)22)5-4-18(2)3;1-4-7-18-10-11(15)8-14(9-12(16)17)6-5-13(2)3;1-2-3(4)5;4*2-1-3;;;;/h12-14,20H,4-11H2,1-3H3,(H,21,22)(H,23,24);4,11,15H,1-3,5-10H2,(H,16,17);2H,1H2,(H,4,5);;;;;1H4;;;/q;-2;;;;;;;3*+1/p-1. The van der Waals surface area contributed by atoms with Gasteiger partial charge in [0.2, 0.25) is 0 Å². The zero-order valence-corrected chi connectivity index (χ0v) is 44.9. The van der Waals surface area contributed by atoms with Gasteiger partial charge in [-0.3, -0.25) is 19.4 Å². The number of hydrogen-bond acceptors (Lipinski definition) is 21. The van der Waals surface area contributed by atoms with Crippen LogP contribution in [0.5, 0.6) is 0 Å². The Hall–Kier alpha value is -1.71. The number of ether oxygens (including phenoxy) is 2. The molecule has 0 aromatic heterocycles. The Morgan fingerprint density at radius 2 is 1.11 bits per heavy atom. The number of carbonyl (C=O) groups excluding carboxylic acids is 9. The van der Waals surface area contributed by atoms with Crippen LogP contribution in [0.3, 0.4) is 0 Å². The summed E-state index contributed by atoms with van der Waals surface area (Å²) in [4.78, 5) is 113. The molecular formula is C36H60IN4Na3O20. The quantitative estimate of drug-likeness (QED) is 0.00970. The summed E-state index contributed by atoms with van der Waals surface area (Å²) in [5.74, 6) is -4.21. The molecule has 64 heavy (non-hydrogen) atoms. The summed E-state index contributed by atoms with van der Waals surface area (Å²) < 4.78 is 11.1. The molecule has 0 fully saturated rings. The van der Waals surface area contributed by atoms with Crippen molar-refractivity contribution in [2.75, 3.05) is 97.3 Å². The first kappa shape index (κ1) is 88.9. The van der Waals surface area contributed by atoms with Gasteiger partial charge in [-0.15, -0.1) is 6.58 Å². The number of halogens is 1. The van der Waals surface area contributed by atoms with Gasteiger partial charge in [0, 0.05) is 56.4 Å². The smallest absolute Gasteiger partial charge is 0.609 e. The van der Waals surface area contributed by atoms with Crippen molar-refractivity contribution >= 4 is 71.1 Å². The number of likely N-dealkylation sites (N-methyl/N-ethyl adjacent to an activating group) is 1. The van der Waals surface area contributed by atoms with Crippen molar-refractivity contribution in [3.05, 3.63) is 39.4 Å². The number of carboxylic acids is 4. The monoisotopic (exact) mass is 1060 g/mol. The van der Waals surface area contributed by atoms with E-state index in [2.05, 4.69) is 49.8 Å². The molecule has 0 heterocycles. The van der Waals surface area contributed by atoms with Crippen molar-refractivity contribution in [1.29, 1.82) is 0 Å². The predicted octanol–water partition coefficient (Wildman–Crippen LogP) is -11.5. The number of aliphatic hydroxyl groups is 2. The van der Waals surface area contributed by atoms with E-state index in [1.165, 1.54) is 4.90 Å². The van der Waals surface area contributed by atoms with E-state index < -0.39 is 36.1 Å². The van der Waals surface area contributed by atoms with Gasteiger partial charge in [-0.05, 0) is 33.0 Å². The van der Waals surface area contributed by atoms with E-state index in [4.69, 9.17) is 63.1 Å². The van der Waals surface area contributed by atoms with Crippen LogP contribution in [0.2, 0.25) is 0 Å². The summed E-state index contributed by atoms with van der Waals surface area (Å²) in [6, 6.07) is 0. The first-order chi connectivity index (χ1) is 28.0. The topological polar surface area (TPSA) is 360 Å². The second-order valence-electron chi connectivity index (χ2n) is 11.5. The van der Waals surface area contributed by atoms with E-state index in [-0.39, 0.29) is 172 Å². The minimum absolute atomic E-state index is 0. The maximum Gasteiger partial charge on any atom is 1.00 e. The van der Waals surface area contributed by atoms with Crippen LogP contribution < -0.4 is 93.8 Å². The Balaban J connectivity index is -0.0000000697. The number of carbonyl (C=O) groups is 4. The fraction of sp³-hybridized carbons (Fsp3) is 0.611. The number of carboxylic acid groups (broad SMARTS) is 4. The third-order valence-electron chi connectivity index (χ3n) is 5.90. The van der Waals surface area contributed by atoms with Gasteiger partial charge < -0.3 is 68.8 Å². The average molecular weight is 1060 g/mol. The summed E-state index contributed by atoms with van der Waals surface area (Å²) in [6.07, 6.45) is 2.40. The Bertz CT molecular complexity index is 1220. The molecule has 0 amide bonds. The minimum atomic E-state index is -1.19. The molecule has 0 saturated carbocycles. The van der Waals surface area contributed by atoms with Gasteiger partial charge in [0.15, 0.2) is 0 Å². The second kappa shape index (κ2) is 70.3. The third-order valence-corrected chi connectivity index (χ3v) is 6.96. The molecule has 0 rings (SSSR count). The van der Waals surface area contributed by atoms with Crippen LogP contribution in [-0.2, 0) is 67.0 Å². The van der Waals surface area contributed by atoms with Gasteiger partial charge >= 0.3 is 131 Å². The molecular weight excluding hydrogens is 1000 g/mol. The number of hydrogen-bond donors (Lipinski definition) is 5. The van der Waals surface area contributed by atoms with Crippen molar-refractivity contribution in [2.24, 2.45) is 11.8 Å². The van der Waals surface area contributed by atoms with Crippen molar-refractivity contribution < 1.29 is 186 Å². The number of alkyl halides is 1. The van der Waals surface area contributed by atoms with Crippen molar-refractivity contribution in [3.8, 4) is 0 Å². The molecule has 0 saturated heterocycles. The van der Waals surface area contributed by atoms with Gasteiger partial charge in [0.25, 0.3) is 0 Å². The zero-order valence-electron chi connectivity index (χ0n) is 36.7. The molecule has 4 unspecified atom stereocenters. The molecule has 28 heteroatoms. The fourth-order valence-electron chi connectivity index (χ4n) is 3.65. The second-order valence-corrected chi connectivity index (χ2v) is 12.4. The summed E-state index contributed by atoms with van der Waals surface area (Å²) in [5.41, 5.74) is 0. The molecule has 0 bridgehead atoms. The van der Waals surface area contributed by atoms with Crippen LogP contribution in [0.1, 0.15) is 20.8 Å². The third kappa shape index (κ3) is 94.8. The van der Waals surface area contributed by atoms with Crippen molar-refractivity contribution in [3.63, 3.8) is 0 Å². The molecule has 4 atom stereocenters. The van der Waals surface area contributed by atoms with Gasteiger partial charge in [-0.25, -0.2) is 4.79 Å². The molecule has 0 aliphatic heterocycles. The Morgan fingerprint density at radius 1 is 0.734 bits per heavy atom. The Kier molecular flexibility index (Phi) is 97.7. The number of rotatable bonds is 27. The Labute approximate surface area is 454 Å². The number of aliphatic hydroxyl groups excluding tert-OH is 2. The van der Waals surface area contributed by atoms with Gasteiger partial charge in [-0.1, -0.05) is 49.6 Å². The first-order valence-electron chi connectivity index (χ1n) is 16.7. The molecule has 354 valence electrons.